The highest BCUT2D eigenvalue weighted by Gasteiger charge is 2.15. The average molecular weight is 418 g/mol. The quantitative estimate of drug-likeness (QED) is 0.446. The predicted molar refractivity (Wildman–Crippen MR) is 90.9 cm³/mol. The highest BCUT2D eigenvalue weighted by molar-refractivity contribution is 14.1. The molecule has 1 aromatic carbocycles. The Kier molecular flexibility index (Phi) is 3.88. The first-order chi connectivity index (χ1) is 9.60. The number of benzene rings is 1. The van der Waals surface area contributed by atoms with Gasteiger partial charge in [0.05, 0.1) is 11.6 Å². The van der Waals surface area contributed by atoms with Crippen molar-refractivity contribution in [1.29, 1.82) is 0 Å². The summed E-state index contributed by atoms with van der Waals surface area (Å²) in [7, 11) is 0. The third-order valence-electron chi connectivity index (χ3n) is 2.98. The number of fused-ring (bicyclic) bond motifs is 1. The van der Waals surface area contributed by atoms with E-state index in [0.717, 1.165) is 31.9 Å². The monoisotopic (exact) mass is 417 g/mol. The van der Waals surface area contributed by atoms with Gasteiger partial charge in [0.2, 0.25) is 0 Å². The van der Waals surface area contributed by atoms with Crippen LogP contribution in [0.3, 0.4) is 0 Å². The number of aromatic nitrogens is 3. The summed E-state index contributed by atoms with van der Waals surface area (Å²) in [5, 5.41) is 0.708. The lowest BCUT2D eigenvalue weighted by Crippen LogP contribution is -2.02. The van der Waals surface area contributed by atoms with E-state index in [1.165, 1.54) is 0 Å². The van der Waals surface area contributed by atoms with Gasteiger partial charge in [0.15, 0.2) is 5.65 Å². The van der Waals surface area contributed by atoms with Crippen LogP contribution in [0.1, 0.15) is 11.5 Å². The van der Waals surface area contributed by atoms with Gasteiger partial charge >= 0.3 is 0 Å². The predicted octanol–water partition coefficient (Wildman–Crippen LogP) is 4.73. The smallest absolute Gasteiger partial charge is 0.164 e. The summed E-state index contributed by atoms with van der Waals surface area (Å²) in [6.45, 7) is 1.96. The maximum atomic E-state index is 6.04. The molecule has 102 valence electrons. The number of imidazole rings is 1. The van der Waals surface area contributed by atoms with Crippen molar-refractivity contribution in [2.45, 2.75) is 12.8 Å². The topological polar surface area (TPSA) is 30.7 Å². The zero-order chi connectivity index (χ0) is 14.3. The summed E-state index contributed by atoms with van der Waals surface area (Å²) < 4.78 is 3.03. The normalized spacial score (nSPS) is 11.2. The van der Waals surface area contributed by atoms with Crippen LogP contribution in [-0.4, -0.2) is 14.5 Å². The molecule has 2 aromatic heterocycles. The number of pyridine rings is 1. The molecule has 6 heteroatoms. The molecule has 0 aliphatic heterocycles. The van der Waals surface area contributed by atoms with Gasteiger partial charge in [0, 0.05) is 14.3 Å². The number of hydrogen-bond acceptors (Lipinski definition) is 2. The van der Waals surface area contributed by atoms with E-state index in [0.29, 0.717) is 10.9 Å². The summed E-state index contributed by atoms with van der Waals surface area (Å²) in [5.41, 5.74) is 3.60. The van der Waals surface area contributed by atoms with E-state index in [9.17, 15) is 0 Å². The van der Waals surface area contributed by atoms with Crippen LogP contribution < -0.4 is 0 Å². The van der Waals surface area contributed by atoms with Gasteiger partial charge in [-0.3, -0.25) is 4.57 Å². The van der Waals surface area contributed by atoms with Crippen LogP contribution in [0.15, 0.2) is 30.3 Å². The molecule has 0 saturated carbocycles. The average Bonchev–Trinajstić information content (AvgIpc) is 2.76. The Morgan fingerprint density at radius 2 is 2.00 bits per heavy atom. The molecule has 20 heavy (non-hydrogen) atoms. The Morgan fingerprint density at radius 1 is 1.20 bits per heavy atom. The summed E-state index contributed by atoms with van der Waals surface area (Å²) in [5.74, 6) is 1.11. The molecular weight excluding hydrogens is 408 g/mol. The molecule has 0 spiro atoms. The molecule has 2 heterocycles. The molecule has 0 aliphatic rings. The molecule has 0 unspecified atom stereocenters. The highest BCUT2D eigenvalue weighted by atomic mass is 127. The number of rotatable bonds is 2. The third-order valence-corrected chi connectivity index (χ3v) is 4.32. The molecule has 0 aliphatic carbocycles. The van der Waals surface area contributed by atoms with E-state index < -0.39 is 0 Å². The molecule has 0 amide bonds. The Labute approximate surface area is 140 Å². The maximum Gasteiger partial charge on any atom is 0.164 e. The lowest BCUT2D eigenvalue weighted by molar-refractivity contribution is 0.961. The Bertz CT molecular complexity index is 798. The van der Waals surface area contributed by atoms with Gasteiger partial charge < -0.3 is 0 Å². The number of nitrogens with zero attached hydrogens (tertiary/aromatic N) is 3. The summed E-state index contributed by atoms with van der Waals surface area (Å²) in [6, 6.07) is 9.65. The molecular formula is C14H10Cl2IN3. The van der Waals surface area contributed by atoms with Gasteiger partial charge in [0.25, 0.3) is 0 Å². The van der Waals surface area contributed by atoms with E-state index >= 15 is 0 Å². The minimum atomic E-state index is 0.327. The van der Waals surface area contributed by atoms with Gasteiger partial charge in [0.1, 0.15) is 11.3 Å². The standard InChI is InChI=1S/C14H10Cl2IN3/c1-8-2-4-11-14(18-8)20(13(7-15)19-11)12-5-3-9(16)6-10(12)17/h2-6H,7H2,1H3. The van der Waals surface area contributed by atoms with Crippen LogP contribution >= 0.6 is 45.8 Å². The molecule has 0 atom stereocenters. The lowest BCUT2D eigenvalue weighted by Gasteiger charge is -2.10. The van der Waals surface area contributed by atoms with E-state index in [-0.39, 0.29) is 0 Å². The number of hydrogen-bond donors (Lipinski definition) is 0. The zero-order valence-electron chi connectivity index (χ0n) is 10.6. The van der Waals surface area contributed by atoms with Crippen LogP contribution in [-0.2, 0) is 5.88 Å². The van der Waals surface area contributed by atoms with Gasteiger partial charge in [-0.05, 0) is 59.8 Å². The van der Waals surface area contributed by atoms with Crippen molar-refractivity contribution in [2.75, 3.05) is 0 Å². The minimum Gasteiger partial charge on any atom is -0.279 e. The fraction of sp³-hybridized carbons (Fsp3) is 0.143. The molecule has 0 radical (unpaired) electrons. The molecule has 3 rings (SSSR count). The molecule has 0 N–H and O–H groups in total. The second kappa shape index (κ2) is 5.50. The van der Waals surface area contributed by atoms with Crippen LogP contribution in [0.25, 0.3) is 16.9 Å². The minimum absolute atomic E-state index is 0.327. The van der Waals surface area contributed by atoms with Crippen molar-refractivity contribution >= 4 is 57.0 Å². The summed E-state index contributed by atoms with van der Waals surface area (Å²) in [4.78, 5) is 9.13. The van der Waals surface area contributed by atoms with Crippen molar-refractivity contribution < 1.29 is 0 Å². The second-order valence-electron chi connectivity index (χ2n) is 4.39. The van der Waals surface area contributed by atoms with Gasteiger partial charge in [-0.25, -0.2) is 9.97 Å². The summed E-state index contributed by atoms with van der Waals surface area (Å²) in [6.07, 6.45) is 0. The van der Waals surface area contributed by atoms with Crippen molar-refractivity contribution in [3.8, 4) is 5.69 Å². The van der Waals surface area contributed by atoms with Crippen molar-refractivity contribution in [3.63, 3.8) is 0 Å². The Morgan fingerprint density at radius 3 is 2.70 bits per heavy atom. The van der Waals surface area contributed by atoms with Crippen LogP contribution in [0, 0.1) is 10.5 Å². The molecule has 3 nitrogen and oxygen atoms in total. The highest BCUT2D eigenvalue weighted by Crippen LogP contribution is 2.27. The second-order valence-corrected chi connectivity index (χ2v) is 6.25. The van der Waals surface area contributed by atoms with Gasteiger partial charge in [-0.1, -0.05) is 11.6 Å². The zero-order valence-corrected chi connectivity index (χ0v) is 14.2. The molecule has 0 saturated heterocycles. The fourth-order valence-electron chi connectivity index (χ4n) is 2.10. The maximum absolute atomic E-state index is 6.04. The fourth-order valence-corrected chi connectivity index (χ4v) is 3.40. The summed E-state index contributed by atoms with van der Waals surface area (Å²) >= 11 is 14.3. The van der Waals surface area contributed by atoms with Crippen LogP contribution in [0.4, 0.5) is 0 Å². The van der Waals surface area contributed by atoms with Crippen molar-refractivity contribution in [3.05, 3.63) is 50.4 Å². The first-order valence-corrected chi connectivity index (χ1v) is 7.95. The van der Waals surface area contributed by atoms with Gasteiger partial charge in [-0.15, -0.1) is 11.6 Å². The van der Waals surface area contributed by atoms with Crippen LogP contribution in [0.2, 0.25) is 5.02 Å². The third kappa shape index (κ3) is 2.40. The lowest BCUT2D eigenvalue weighted by atomic mass is 10.3. The molecule has 0 fully saturated rings. The van der Waals surface area contributed by atoms with E-state index in [1.54, 1.807) is 0 Å². The largest absolute Gasteiger partial charge is 0.279 e. The molecule has 3 aromatic rings. The van der Waals surface area contributed by atoms with Gasteiger partial charge in [-0.2, -0.15) is 0 Å². The first kappa shape index (κ1) is 14.1. The van der Waals surface area contributed by atoms with Crippen molar-refractivity contribution in [1.82, 2.24) is 14.5 Å². The van der Waals surface area contributed by atoms with E-state index in [2.05, 4.69) is 32.6 Å². The van der Waals surface area contributed by atoms with E-state index in [1.807, 2.05) is 41.8 Å². The van der Waals surface area contributed by atoms with Crippen molar-refractivity contribution in [2.24, 2.45) is 0 Å². The number of alkyl halides is 1. The SMILES string of the molecule is Cc1ccc2nc(CCl)n(-c3ccc(Cl)cc3I)c2n1. The Hall–Kier alpha value is -0.850. The number of halogens is 3. The first-order valence-electron chi connectivity index (χ1n) is 5.96. The Balaban J connectivity index is 2.36. The van der Waals surface area contributed by atoms with Crippen LogP contribution in [0.5, 0.6) is 0 Å². The molecule has 0 bridgehead atoms. The number of aryl methyl sites for hydroxylation is 1. The van der Waals surface area contributed by atoms with E-state index in [4.69, 9.17) is 23.2 Å².